The minimum atomic E-state index is -0.837. The van der Waals surface area contributed by atoms with Crippen molar-refractivity contribution in [3.63, 3.8) is 0 Å². The van der Waals surface area contributed by atoms with Crippen molar-refractivity contribution < 1.29 is 14.6 Å². The van der Waals surface area contributed by atoms with Crippen LogP contribution in [0.15, 0.2) is 24.3 Å². The van der Waals surface area contributed by atoms with E-state index in [1.54, 1.807) is 7.11 Å². The number of methoxy groups -OCH3 is 1. The number of carboxylic acids is 1. The Kier molecular flexibility index (Phi) is 3.14. The van der Waals surface area contributed by atoms with Gasteiger partial charge in [-0.1, -0.05) is 12.1 Å². The molecule has 0 fully saturated rings. The molecule has 1 N–H and O–H groups in total. The van der Waals surface area contributed by atoms with Crippen molar-refractivity contribution >= 4 is 5.97 Å². The first-order valence-corrected chi connectivity index (χ1v) is 6.51. The van der Waals surface area contributed by atoms with Gasteiger partial charge in [-0.15, -0.1) is 10.2 Å². The van der Waals surface area contributed by atoms with Gasteiger partial charge in [0.15, 0.2) is 5.82 Å². The third kappa shape index (κ3) is 2.03. The van der Waals surface area contributed by atoms with Gasteiger partial charge in [0.2, 0.25) is 0 Å². The van der Waals surface area contributed by atoms with E-state index in [1.807, 2.05) is 28.8 Å². The van der Waals surface area contributed by atoms with Gasteiger partial charge in [-0.3, -0.25) is 4.79 Å². The molecular weight excluding hydrogens is 258 g/mol. The molecule has 0 amide bonds. The van der Waals surface area contributed by atoms with Gasteiger partial charge in [0.25, 0.3) is 0 Å². The molecule has 2 heterocycles. The molecule has 0 bridgehead atoms. The Morgan fingerprint density at radius 1 is 1.45 bits per heavy atom. The molecule has 1 atom stereocenters. The van der Waals surface area contributed by atoms with Crippen molar-refractivity contribution in [3.8, 4) is 17.1 Å². The molecule has 0 aliphatic carbocycles. The first-order chi connectivity index (χ1) is 9.70. The van der Waals surface area contributed by atoms with Crippen molar-refractivity contribution in [2.45, 2.75) is 25.3 Å². The molecule has 1 aliphatic heterocycles. The van der Waals surface area contributed by atoms with Crippen LogP contribution in [0, 0.1) is 0 Å². The fourth-order valence-corrected chi connectivity index (χ4v) is 2.59. The lowest BCUT2D eigenvalue weighted by molar-refractivity contribution is -0.139. The maximum atomic E-state index is 11.3. The molecule has 1 unspecified atom stereocenters. The van der Waals surface area contributed by atoms with Crippen LogP contribution in [0.3, 0.4) is 0 Å². The second-order valence-electron chi connectivity index (χ2n) is 4.80. The summed E-state index contributed by atoms with van der Waals surface area (Å²) in [5, 5.41) is 17.5. The highest BCUT2D eigenvalue weighted by Crippen LogP contribution is 2.31. The molecule has 0 saturated carbocycles. The summed E-state index contributed by atoms with van der Waals surface area (Å²) in [6.45, 7) is 0.749. The first-order valence-electron chi connectivity index (χ1n) is 6.51. The standard InChI is InChI=1S/C14H15N3O3/c1-20-10-5-2-4-9(8-10)12-15-16-13-11(14(18)19)6-3-7-17(12)13/h2,4-5,8,11H,3,6-7H2,1H3,(H,18,19). The van der Waals surface area contributed by atoms with Gasteiger partial charge >= 0.3 is 5.97 Å². The summed E-state index contributed by atoms with van der Waals surface area (Å²) >= 11 is 0. The minimum Gasteiger partial charge on any atom is -0.497 e. The number of hydrogen-bond donors (Lipinski definition) is 1. The summed E-state index contributed by atoms with van der Waals surface area (Å²) < 4.78 is 7.10. The Hall–Kier alpha value is -2.37. The second-order valence-corrected chi connectivity index (χ2v) is 4.80. The number of fused-ring (bicyclic) bond motifs is 1. The number of aromatic nitrogens is 3. The molecule has 20 heavy (non-hydrogen) atoms. The van der Waals surface area contributed by atoms with Crippen LogP contribution in [0.25, 0.3) is 11.4 Å². The number of rotatable bonds is 3. The molecule has 1 aliphatic rings. The molecule has 3 rings (SSSR count). The normalized spacial score (nSPS) is 17.6. The Morgan fingerprint density at radius 2 is 2.30 bits per heavy atom. The van der Waals surface area contributed by atoms with Crippen molar-refractivity contribution in [2.75, 3.05) is 7.11 Å². The highest BCUT2D eigenvalue weighted by atomic mass is 16.5. The molecule has 0 radical (unpaired) electrons. The van der Waals surface area contributed by atoms with E-state index in [1.165, 1.54) is 0 Å². The SMILES string of the molecule is COc1cccc(-c2nnc3n2CCCC3C(=O)O)c1. The largest absolute Gasteiger partial charge is 0.497 e. The van der Waals surface area contributed by atoms with Crippen LogP contribution in [0.2, 0.25) is 0 Å². The predicted octanol–water partition coefficient (Wildman–Crippen LogP) is 1.92. The van der Waals surface area contributed by atoms with Crippen molar-refractivity contribution in [2.24, 2.45) is 0 Å². The van der Waals surface area contributed by atoms with Crippen LogP contribution in [-0.2, 0) is 11.3 Å². The first kappa shape index (κ1) is 12.7. The third-order valence-electron chi connectivity index (χ3n) is 3.59. The van der Waals surface area contributed by atoms with Crippen LogP contribution in [0.5, 0.6) is 5.75 Å². The summed E-state index contributed by atoms with van der Waals surface area (Å²) in [5.74, 6) is 0.586. The van der Waals surface area contributed by atoms with Crippen molar-refractivity contribution in [1.29, 1.82) is 0 Å². The highest BCUT2D eigenvalue weighted by Gasteiger charge is 2.30. The van der Waals surface area contributed by atoms with Gasteiger partial charge in [-0.05, 0) is 25.0 Å². The van der Waals surface area contributed by atoms with E-state index < -0.39 is 11.9 Å². The lowest BCUT2D eigenvalue weighted by atomic mass is 9.99. The van der Waals surface area contributed by atoms with E-state index in [4.69, 9.17) is 4.74 Å². The van der Waals surface area contributed by atoms with Crippen LogP contribution >= 0.6 is 0 Å². The second kappa shape index (κ2) is 4.96. The van der Waals surface area contributed by atoms with E-state index in [0.29, 0.717) is 18.1 Å². The van der Waals surface area contributed by atoms with Crippen molar-refractivity contribution in [1.82, 2.24) is 14.8 Å². The number of aliphatic carboxylic acids is 1. The zero-order valence-corrected chi connectivity index (χ0v) is 11.1. The van der Waals surface area contributed by atoms with Gasteiger partial charge in [0.1, 0.15) is 17.5 Å². The Bertz CT molecular complexity index is 651. The maximum absolute atomic E-state index is 11.3. The Morgan fingerprint density at radius 3 is 3.05 bits per heavy atom. The molecule has 0 spiro atoms. The molecule has 104 valence electrons. The number of ether oxygens (including phenoxy) is 1. The fourth-order valence-electron chi connectivity index (χ4n) is 2.59. The number of hydrogen-bond acceptors (Lipinski definition) is 4. The van der Waals surface area contributed by atoms with Gasteiger partial charge in [-0.25, -0.2) is 0 Å². The number of carbonyl (C=O) groups is 1. The number of carboxylic acid groups (broad SMARTS) is 1. The van der Waals surface area contributed by atoms with Crippen LogP contribution in [0.4, 0.5) is 0 Å². The van der Waals surface area contributed by atoms with E-state index in [0.717, 1.165) is 24.3 Å². The van der Waals surface area contributed by atoms with Crippen LogP contribution in [0.1, 0.15) is 24.6 Å². The third-order valence-corrected chi connectivity index (χ3v) is 3.59. The Balaban J connectivity index is 2.06. The van der Waals surface area contributed by atoms with Gasteiger partial charge in [0, 0.05) is 12.1 Å². The van der Waals surface area contributed by atoms with E-state index in [9.17, 15) is 9.90 Å². The van der Waals surface area contributed by atoms with E-state index in [-0.39, 0.29) is 0 Å². The molecular formula is C14H15N3O3. The molecule has 6 nitrogen and oxygen atoms in total. The summed E-state index contributed by atoms with van der Waals surface area (Å²) in [5.41, 5.74) is 0.883. The predicted molar refractivity (Wildman–Crippen MR) is 71.6 cm³/mol. The zero-order chi connectivity index (χ0) is 14.1. The van der Waals surface area contributed by atoms with Crippen molar-refractivity contribution in [3.05, 3.63) is 30.1 Å². The molecule has 0 saturated heterocycles. The summed E-state index contributed by atoms with van der Waals surface area (Å²) in [6, 6.07) is 7.54. The van der Waals surface area contributed by atoms with Crippen LogP contribution < -0.4 is 4.74 Å². The maximum Gasteiger partial charge on any atom is 0.314 e. The summed E-state index contributed by atoms with van der Waals surface area (Å²) in [6.07, 6.45) is 1.44. The molecule has 1 aromatic heterocycles. The zero-order valence-electron chi connectivity index (χ0n) is 11.1. The highest BCUT2D eigenvalue weighted by molar-refractivity contribution is 5.75. The minimum absolute atomic E-state index is 0.543. The van der Waals surface area contributed by atoms with Crippen LogP contribution in [-0.4, -0.2) is 33.0 Å². The average Bonchev–Trinajstić information content (AvgIpc) is 2.91. The fraction of sp³-hybridized carbons (Fsp3) is 0.357. The molecule has 6 heteroatoms. The van der Waals surface area contributed by atoms with Gasteiger partial charge in [0.05, 0.1) is 7.11 Å². The number of nitrogens with zero attached hydrogens (tertiary/aromatic N) is 3. The van der Waals surface area contributed by atoms with Gasteiger partial charge in [-0.2, -0.15) is 0 Å². The van der Waals surface area contributed by atoms with E-state index in [2.05, 4.69) is 10.2 Å². The summed E-state index contributed by atoms with van der Waals surface area (Å²) in [4.78, 5) is 11.3. The molecule has 2 aromatic rings. The smallest absolute Gasteiger partial charge is 0.314 e. The summed E-state index contributed by atoms with van der Waals surface area (Å²) in [7, 11) is 1.61. The lowest BCUT2D eigenvalue weighted by Gasteiger charge is -2.20. The number of benzene rings is 1. The lowest BCUT2D eigenvalue weighted by Crippen LogP contribution is -2.22. The average molecular weight is 273 g/mol. The monoisotopic (exact) mass is 273 g/mol. The topological polar surface area (TPSA) is 77.2 Å². The molecule has 1 aromatic carbocycles. The van der Waals surface area contributed by atoms with E-state index >= 15 is 0 Å². The Labute approximate surface area is 116 Å². The quantitative estimate of drug-likeness (QED) is 0.924. The van der Waals surface area contributed by atoms with Gasteiger partial charge < -0.3 is 14.4 Å².